The molecule has 13 heteroatoms. The second-order valence-electron chi connectivity index (χ2n) is 10.9. The van der Waals surface area contributed by atoms with Crippen LogP contribution in [-0.4, -0.2) is 78.8 Å². The van der Waals surface area contributed by atoms with Gasteiger partial charge < -0.3 is 20.3 Å². The zero-order valence-electron chi connectivity index (χ0n) is 22.6. The molecule has 0 saturated carbocycles. The summed E-state index contributed by atoms with van der Waals surface area (Å²) < 4.78 is 25.9. The fraction of sp³-hybridized carbons (Fsp3) is 0.429. The van der Waals surface area contributed by atoms with Crippen molar-refractivity contribution in [2.75, 3.05) is 42.5 Å². The molecule has 2 fully saturated rings. The molecule has 3 aromatic rings. The molecule has 1 atom stereocenters. The predicted molar refractivity (Wildman–Crippen MR) is 162 cm³/mol. The normalized spacial score (nSPS) is 18.4. The van der Waals surface area contributed by atoms with E-state index in [1.165, 1.54) is 0 Å². The lowest BCUT2D eigenvalue weighted by molar-refractivity contribution is -0.147. The topological polar surface area (TPSA) is 135 Å². The minimum absolute atomic E-state index is 0.0595. The van der Waals surface area contributed by atoms with Crippen LogP contribution in [0.25, 0.3) is 10.9 Å². The van der Waals surface area contributed by atoms with E-state index in [-0.39, 0.29) is 17.9 Å². The van der Waals surface area contributed by atoms with Gasteiger partial charge in [0.25, 0.3) is 0 Å². The number of benzene rings is 2. The number of anilines is 2. The van der Waals surface area contributed by atoms with Crippen molar-refractivity contribution < 1.29 is 23.1 Å². The van der Waals surface area contributed by atoms with Crippen molar-refractivity contribution in [3.63, 3.8) is 0 Å². The van der Waals surface area contributed by atoms with Gasteiger partial charge in [-0.15, -0.1) is 0 Å². The Hall–Kier alpha value is -2.99. The van der Waals surface area contributed by atoms with Crippen LogP contribution in [0.2, 0.25) is 10.0 Å². The number of nitrogens with one attached hydrogen (secondary N) is 3. The summed E-state index contributed by atoms with van der Waals surface area (Å²) in [6.45, 7) is 2.23. The van der Waals surface area contributed by atoms with Crippen LogP contribution in [0, 0.1) is 5.92 Å². The number of aliphatic carboxylic acids is 1. The summed E-state index contributed by atoms with van der Waals surface area (Å²) in [4.78, 5) is 32.3. The number of piperidine rings is 2. The van der Waals surface area contributed by atoms with Crippen molar-refractivity contribution in [2.45, 2.75) is 37.6 Å². The Labute approximate surface area is 249 Å². The predicted octanol–water partition coefficient (Wildman–Crippen LogP) is 5.42. The van der Waals surface area contributed by atoms with Crippen LogP contribution in [0.5, 0.6) is 0 Å². The largest absolute Gasteiger partial charge is 0.480 e. The summed E-state index contributed by atoms with van der Waals surface area (Å²) in [5.41, 5.74) is 3.11. The van der Waals surface area contributed by atoms with Crippen molar-refractivity contribution >= 4 is 67.5 Å². The number of likely N-dealkylation sites (tertiary alicyclic amines) is 2. The molecule has 0 aliphatic carbocycles. The molecule has 0 bridgehead atoms. The summed E-state index contributed by atoms with van der Waals surface area (Å²) >= 11 is 12.0. The number of halogens is 2. The van der Waals surface area contributed by atoms with Crippen LogP contribution in [0.3, 0.4) is 0 Å². The van der Waals surface area contributed by atoms with Crippen LogP contribution < -0.4 is 10.0 Å². The molecule has 220 valence electrons. The summed E-state index contributed by atoms with van der Waals surface area (Å²) in [6.07, 6.45) is 5.90. The summed E-state index contributed by atoms with van der Waals surface area (Å²) in [5.74, 6) is -0.656. The molecule has 5 rings (SSSR count). The zero-order valence-corrected chi connectivity index (χ0v) is 24.9. The number of carboxylic acid groups (broad SMARTS) is 1. The average molecular weight is 623 g/mol. The molecule has 1 aromatic heterocycles. The van der Waals surface area contributed by atoms with E-state index < -0.39 is 22.0 Å². The van der Waals surface area contributed by atoms with Crippen molar-refractivity contribution in [3.05, 3.63) is 58.2 Å². The number of carbonyl (C=O) groups excluding carboxylic acids is 1. The molecule has 41 heavy (non-hydrogen) atoms. The highest BCUT2D eigenvalue weighted by Crippen LogP contribution is 2.36. The van der Waals surface area contributed by atoms with Gasteiger partial charge in [-0.25, -0.2) is 13.2 Å². The Bertz CT molecular complexity index is 1550. The lowest BCUT2D eigenvalue weighted by atomic mass is 9.84. The lowest BCUT2D eigenvalue weighted by Crippen LogP contribution is -2.52. The number of fused-ring (bicyclic) bond motifs is 1. The first-order chi connectivity index (χ1) is 19.5. The Kier molecular flexibility index (Phi) is 8.70. The Morgan fingerprint density at radius 2 is 1.66 bits per heavy atom. The maximum atomic E-state index is 12.8. The molecular formula is C28H33Cl2N5O5S. The second kappa shape index (κ2) is 12.1. The number of amides is 2. The molecule has 0 radical (unpaired) electrons. The number of nitrogens with zero attached hydrogens (tertiary/aromatic N) is 2. The van der Waals surface area contributed by atoms with Gasteiger partial charge >= 0.3 is 12.0 Å². The minimum atomic E-state index is -3.39. The van der Waals surface area contributed by atoms with Crippen molar-refractivity contribution in [1.29, 1.82) is 0 Å². The minimum Gasteiger partial charge on any atom is -0.480 e. The highest BCUT2D eigenvalue weighted by Gasteiger charge is 2.38. The van der Waals surface area contributed by atoms with E-state index in [2.05, 4.69) is 19.9 Å². The molecule has 3 heterocycles. The van der Waals surface area contributed by atoms with E-state index in [0.717, 1.165) is 35.6 Å². The first kappa shape index (κ1) is 29.5. The van der Waals surface area contributed by atoms with Gasteiger partial charge in [-0.2, -0.15) is 0 Å². The first-order valence-electron chi connectivity index (χ1n) is 13.5. The molecular weight excluding hydrogens is 589 g/mol. The Morgan fingerprint density at radius 1 is 0.976 bits per heavy atom. The number of carboxylic acids is 1. The standard InChI is InChI=1S/C28H33Cl2N5O5S/c1-41(39,40)33-20-3-5-25-21(14-20)22(16-31-25)17-6-10-34(11-7-17)26(27(36)37)18-8-12-35(13-9-18)28(38)32-19-2-4-23(29)24(30)15-19/h2-5,14-18,26,31,33H,6-13H2,1H3,(H,32,38)(H,36,37). The monoisotopic (exact) mass is 621 g/mol. The van der Waals surface area contributed by atoms with Gasteiger partial charge in [0.1, 0.15) is 6.04 Å². The first-order valence-corrected chi connectivity index (χ1v) is 16.2. The molecule has 2 aliphatic rings. The van der Waals surface area contributed by atoms with Crippen LogP contribution in [-0.2, 0) is 14.8 Å². The molecule has 2 aromatic carbocycles. The number of aromatic amines is 1. The van der Waals surface area contributed by atoms with E-state index in [4.69, 9.17) is 23.2 Å². The van der Waals surface area contributed by atoms with Crippen molar-refractivity contribution in [2.24, 2.45) is 5.92 Å². The van der Waals surface area contributed by atoms with E-state index in [9.17, 15) is 23.1 Å². The smallest absolute Gasteiger partial charge is 0.321 e. The van der Waals surface area contributed by atoms with Gasteiger partial charge in [0, 0.05) is 41.6 Å². The van der Waals surface area contributed by atoms with Crippen LogP contribution in [0.1, 0.15) is 37.2 Å². The number of H-pyrrole nitrogens is 1. The zero-order chi connectivity index (χ0) is 29.3. The lowest BCUT2D eigenvalue weighted by Gasteiger charge is -2.41. The van der Waals surface area contributed by atoms with Gasteiger partial charge in [-0.1, -0.05) is 23.2 Å². The van der Waals surface area contributed by atoms with Crippen molar-refractivity contribution in [3.8, 4) is 0 Å². The quantitative estimate of drug-likeness (QED) is 0.278. The van der Waals surface area contributed by atoms with E-state index in [1.807, 2.05) is 18.3 Å². The maximum absolute atomic E-state index is 12.8. The molecule has 2 aliphatic heterocycles. The van der Waals surface area contributed by atoms with Gasteiger partial charge in [0.05, 0.1) is 16.3 Å². The third-order valence-electron chi connectivity index (χ3n) is 8.08. The number of hydrogen-bond acceptors (Lipinski definition) is 5. The number of aromatic nitrogens is 1. The third kappa shape index (κ3) is 6.91. The molecule has 2 amide bonds. The number of hydrogen-bond donors (Lipinski definition) is 4. The number of rotatable bonds is 7. The molecule has 0 spiro atoms. The fourth-order valence-corrected chi connectivity index (χ4v) is 6.95. The van der Waals surface area contributed by atoms with E-state index in [0.29, 0.717) is 60.4 Å². The maximum Gasteiger partial charge on any atom is 0.321 e. The van der Waals surface area contributed by atoms with Gasteiger partial charge in [0.2, 0.25) is 10.0 Å². The van der Waals surface area contributed by atoms with Gasteiger partial charge in [-0.3, -0.25) is 14.4 Å². The molecule has 2 saturated heterocycles. The van der Waals surface area contributed by atoms with Gasteiger partial charge in [-0.05, 0) is 92.6 Å². The summed E-state index contributed by atoms with van der Waals surface area (Å²) in [5, 5.41) is 14.8. The highest BCUT2D eigenvalue weighted by molar-refractivity contribution is 7.92. The third-order valence-corrected chi connectivity index (χ3v) is 9.42. The average Bonchev–Trinajstić information content (AvgIpc) is 3.34. The summed E-state index contributed by atoms with van der Waals surface area (Å²) in [6, 6.07) is 9.49. The number of urea groups is 1. The molecule has 4 N–H and O–H groups in total. The Morgan fingerprint density at radius 3 is 2.29 bits per heavy atom. The van der Waals surface area contributed by atoms with E-state index >= 15 is 0 Å². The van der Waals surface area contributed by atoms with Gasteiger partial charge in [0.15, 0.2) is 0 Å². The Balaban J connectivity index is 1.19. The molecule has 1 unspecified atom stereocenters. The number of carbonyl (C=O) groups is 2. The van der Waals surface area contributed by atoms with E-state index in [1.54, 1.807) is 29.2 Å². The van der Waals surface area contributed by atoms with Crippen LogP contribution in [0.15, 0.2) is 42.6 Å². The second-order valence-corrected chi connectivity index (χ2v) is 13.4. The fourth-order valence-electron chi connectivity index (χ4n) is 6.10. The van der Waals surface area contributed by atoms with Crippen LogP contribution >= 0.6 is 23.2 Å². The SMILES string of the molecule is CS(=O)(=O)Nc1ccc2[nH]cc(C3CCN(C(C(=O)O)C4CCN(C(=O)Nc5ccc(Cl)c(Cl)c5)CC4)CC3)c2c1. The summed E-state index contributed by atoms with van der Waals surface area (Å²) in [7, 11) is -3.39. The van der Waals surface area contributed by atoms with Crippen LogP contribution in [0.4, 0.5) is 16.2 Å². The van der Waals surface area contributed by atoms with Crippen molar-refractivity contribution in [1.82, 2.24) is 14.8 Å². The number of sulfonamides is 1. The molecule has 10 nitrogen and oxygen atoms in total. The highest BCUT2D eigenvalue weighted by atomic mass is 35.5.